The summed E-state index contributed by atoms with van der Waals surface area (Å²) >= 11 is 6.02. The molecule has 0 saturated carbocycles. The molecule has 2 aromatic carbocycles. The van der Waals surface area contributed by atoms with E-state index >= 15 is 0 Å². The van der Waals surface area contributed by atoms with Crippen molar-refractivity contribution in [3.63, 3.8) is 0 Å². The molecule has 8 heteroatoms. The quantitative estimate of drug-likeness (QED) is 0.718. The summed E-state index contributed by atoms with van der Waals surface area (Å²) in [4.78, 5) is 14.9. The van der Waals surface area contributed by atoms with Gasteiger partial charge in [0.05, 0.1) is 48.4 Å². The molecule has 29 heavy (non-hydrogen) atoms. The Bertz CT molecular complexity index is 872. The van der Waals surface area contributed by atoms with E-state index in [0.29, 0.717) is 43.6 Å². The van der Waals surface area contributed by atoms with Crippen molar-refractivity contribution >= 4 is 28.9 Å². The maximum Gasteiger partial charge on any atom is 0.257 e. The molecule has 1 N–H and O–H groups in total. The van der Waals surface area contributed by atoms with Gasteiger partial charge in [0.1, 0.15) is 17.3 Å². The molecule has 0 atom stereocenters. The Labute approximate surface area is 174 Å². The molecule has 1 saturated heterocycles. The normalized spacial score (nSPS) is 13.9. The number of rotatable bonds is 7. The van der Waals surface area contributed by atoms with Crippen molar-refractivity contribution < 1.29 is 23.4 Å². The standard InChI is InChI=1S/C21H24ClFN2O4/c1-3-28-19-13-18(25-7-9-27-10-8-25)20(29-4-2)12-17(19)24-21(26)15-6-5-14(23)11-16(15)22/h5-6,11-13H,3-4,7-10H2,1-2H3,(H,24,26). The van der Waals surface area contributed by atoms with Gasteiger partial charge in [-0.05, 0) is 32.0 Å². The zero-order valence-electron chi connectivity index (χ0n) is 16.5. The lowest BCUT2D eigenvalue weighted by atomic mass is 10.1. The van der Waals surface area contributed by atoms with E-state index in [1.165, 1.54) is 12.1 Å². The Hall–Kier alpha value is -2.51. The molecule has 0 unspecified atom stereocenters. The third-order valence-electron chi connectivity index (χ3n) is 4.44. The highest BCUT2D eigenvalue weighted by Gasteiger charge is 2.21. The summed E-state index contributed by atoms with van der Waals surface area (Å²) in [5.74, 6) is 0.190. The first-order valence-electron chi connectivity index (χ1n) is 9.56. The van der Waals surface area contributed by atoms with Crippen LogP contribution >= 0.6 is 11.6 Å². The summed E-state index contributed by atoms with van der Waals surface area (Å²) < 4.78 is 30.3. The summed E-state index contributed by atoms with van der Waals surface area (Å²) in [6.07, 6.45) is 0. The first kappa shape index (κ1) is 21.2. The second kappa shape index (κ2) is 9.80. The maximum atomic E-state index is 13.3. The molecule has 6 nitrogen and oxygen atoms in total. The van der Waals surface area contributed by atoms with Gasteiger partial charge >= 0.3 is 0 Å². The molecule has 1 fully saturated rings. The number of nitrogens with one attached hydrogen (secondary N) is 1. The number of carbonyl (C=O) groups is 1. The lowest BCUT2D eigenvalue weighted by Crippen LogP contribution is -2.36. The van der Waals surface area contributed by atoms with Crippen LogP contribution in [0.25, 0.3) is 0 Å². The van der Waals surface area contributed by atoms with Crippen molar-refractivity contribution in [1.29, 1.82) is 0 Å². The summed E-state index contributed by atoms with van der Waals surface area (Å²) in [6.45, 7) is 7.42. The average Bonchev–Trinajstić information content (AvgIpc) is 2.70. The fraction of sp³-hybridized carbons (Fsp3) is 0.381. The van der Waals surface area contributed by atoms with Crippen LogP contribution in [0, 0.1) is 5.82 Å². The molecule has 156 valence electrons. The highest BCUT2D eigenvalue weighted by Crippen LogP contribution is 2.39. The van der Waals surface area contributed by atoms with Crippen LogP contribution in [0.5, 0.6) is 11.5 Å². The number of morpholine rings is 1. The van der Waals surface area contributed by atoms with Gasteiger partial charge in [0.2, 0.25) is 0 Å². The van der Waals surface area contributed by atoms with Gasteiger partial charge < -0.3 is 24.4 Å². The van der Waals surface area contributed by atoms with E-state index < -0.39 is 11.7 Å². The molecule has 3 rings (SSSR count). The van der Waals surface area contributed by atoms with Crippen molar-refractivity contribution in [1.82, 2.24) is 0 Å². The number of carbonyl (C=O) groups excluding carboxylic acids is 1. The molecule has 1 heterocycles. The van der Waals surface area contributed by atoms with Crippen molar-refractivity contribution in [3.8, 4) is 11.5 Å². The van der Waals surface area contributed by atoms with E-state index in [2.05, 4.69) is 10.2 Å². The van der Waals surface area contributed by atoms with Crippen LogP contribution in [-0.2, 0) is 4.74 Å². The van der Waals surface area contributed by atoms with E-state index in [1.54, 1.807) is 6.07 Å². The van der Waals surface area contributed by atoms with Crippen molar-refractivity contribution in [2.24, 2.45) is 0 Å². The van der Waals surface area contributed by atoms with Crippen molar-refractivity contribution in [2.75, 3.05) is 49.7 Å². The summed E-state index contributed by atoms with van der Waals surface area (Å²) in [5.41, 5.74) is 1.51. The molecule has 0 aromatic heterocycles. The van der Waals surface area contributed by atoms with Crippen LogP contribution < -0.4 is 19.7 Å². The first-order valence-corrected chi connectivity index (χ1v) is 9.94. The van der Waals surface area contributed by atoms with Crippen LogP contribution in [0.3, 0.4) is 0 Å². The molecule has 0 radical (unpaired) electrons. The van der Waals surface area contributed by atoms with Gasteiger partial charge in [0.25, 0.3) is 5.91 Å². The van der Waals surface area contributed by atoms with Crippen LogP contribution in [0.2, 0.25) is 5.02 Å². The molecule has 0 aliphatic carbocycles. The Morgan fingerprint density at radius 2 is 1.83 bits per heavy atom. The molecule has 0 spiro atoms. The van der Waals surface area contributed by atoms with Gasteiger partial charge in [0, 0.05) is 25.2 Å². The maximum absolute atomic E-state index is 13.3. The minimum atomic E-state index is -0.505. The molecule has 0 bridgehead atoms. The number of hydrogen-bond acceptors (Lipinski definition) is 5. The van der Waals surface area contributed by atoms with Crippen LogP contribution in [0.4, 0.5) is 15.8 Å². The Balaban J connectivity index is 1.95. The second-order valence-electron chi connectivity index (χ2n) is 6.36. The van der Waals surface area contributed by atoms with Gasteiger partial charge in [-0.15, -0.1) is 0 Å². The van der Waals surface area contributed by atoms with E-state index in [0.717, 1.165) is 24.8 Å². The molecule has 2 aromatic rings. The first-order chi connectivity index (χ1) is 14.0. The van der Waals surface area contributed by atoms with Gasteiger partial charge in [-0.3, -0.25) is 4.79 Å². The third-order valence-corrected chi connectivity index (χ3v) is 4.75. The Morgan fingerprint density at radius 3 is 2.48 bits per heavy atom. The Morgan fingerprint density at radius 1 is 1.14 bits per heavy atom. The zero-order valence-corrected chi connectivity index (χ0v) is 17.2. The number of hydrogen-bond donors (Lipinski definition) is 1. The predicted molar refractivity (Wildman–Crippen MR) is 111 cm³/mol. The molecule has 1 aliphatic rings. The van der Waals surface area contributed by atoms with E-state index in [9.17, 15) is 9.18 Å². The van der Waals surface area contributed by atoms with Crippen LogP contribution in [0.15, 0.2) is 30.3 Å². The van der Waals surface area contributed by atoms with E-state index in [-0.39, 0.29) is 10.6 Å². The number of halogens is 2. The molecule has 1 aliphatic heterocycles. The molecular weight excluding hydrogens is 399 g/mol. The van der Waals surface area contributed by atoms with Crippen molar-refractivity contribution in [3.05, 3.63) is 46.7 Å². The fourth-order valence-electron chi connectivity index (χ4n) is 3.11. The highest BCUT2D eigenvalue weighted by molar-refractivity contribution is 6.34. The van der Waals surface area contributed by atoms with Gasteiger partial charge in [-0.1, -0.05) is 11.6 Å². The predicted octanol–water partition coefficient (Wildman–Crippen LogP) is 4.37. The average molecular weight is 423 g/mol. The smallest absolute Gasteiger partial charge is 0.257 e. The van der Waals surface area contributed by atoms with Crippen LogP contribution in [0.1, 0.15) is 24.2 Å². The summed E-state index contributed by atoms with van der Waals surface area (Å²) in [5, 5.41) is 2.84. The monoisotopic (exact) mass is 422 g/mol. The number of nitrogens with zero attached hydrogens (tertiary/aromatic N) is 1. The Kier molecular flexibility index (Phi) is 7.17. The van der Waals surface area contributed by atoms with Gasteiger partial charge in [-0.25, -0.2) is 4.39 Å². The summed E-state index contributed by atoms with van der Waals surface area (Å²) in [7, 11) is 0. The number of benzene rings is 2. The third kappa shape index (κ3) is 5.10. The van der Waals surface area contributed by atoms with Crippen LogP contribution in [-0.4, -0.2) is 45.4 Å². The largest absolute Gasteiger partial charge is 0.492 e. The minimum absolute atomic E-state index is 0.0374. The van der Waals surface area contributed by atoms with Gasteiger partial charge in [0.15, 0.2) is 0 Å². The SMILES string of the molecule is CCOc1cc(N2CCOCC2)c(OCC)cc1NC(=O)c1ccc(F)cc1Cl. The fourth-order valence-corrected chi connectivity index (χ4v) is 3.36. The highest BCUT2D eigenvalue weighted by atomic mass is 35.5. The topological polar surface area (TPSA) is 60.0 Å². The van der Waals surface area contributed by atoms with E-state index in [1.807, 2.05) is 19.9 Å². The number of amides is 1. The minimum Gasteiger partial charge on any atom is -0.492 e. The van der Waals surface area contributed by atoms with Gasteiger partial charge in [-0.2, -0.15) is 0 Å². The zero-order chi connectivity index (χ0) is 20.8. The summed E-state index contributed by atoms with van der Waals surface area (Å²) in [6, 6.07) is 7.25. The van der Waals surface area contributed by atoms with Crippen molar-refractivity contribution in [2.45, 2.75) is 13.8 Å². The lowest BCUT2D eigenvalue weighted by molar-refractivity contribution is 0.102. The number of anilines is 2. The number of ether oxygens (including phenoxy) is 3. The van der Waals surface area contributed by atoms with E-state index in [4.69, 9.17) is 25.8 Å². The second-order valence-corrected chi connectivity index (χ2v) is 6.77. The molecule has 1 amide bonds. The lowest BCUT2D eigenvalue weighted by Gasteiger charge is -2.31. The molecular formula is C21H24ClFN2O4.